The second-order valence-corrected chi connectivity index (χ2v) is 8.78. The van der Waals surface area contributed by atoms with E-state index in [-0.39, 0.29) is 11.3 Å². The van der Waals surface area contributed by atoms with Gasteiger partial charge in [0.15, 0.2) is 4.80 Å². The lowest BCUT2D eigenvalue weighted by Crippen LogP contribution is -2.58. The van der Waals surface area contributed by atoms with E-state index in [1.807, 2.05) is 18.2 Å². The predicted molar refractivity (Wildman–Crippen MR) is 115 cm³/mol. The Bertz CT molecular complexity index is 1420. The molecule has 5 rings (SSSR count). The molecule has 10 heteroatoms. The number of halogens is 2. The fraction of sp³-hybridized carbons (Fsp3) is 0.261. The van der Waals surface area contributed by atoms with Gasteiger partial charge in [-0.2, -0.15) is 8.78 Å². The maximum Gasteiger partial charge on any atom is 0.387 e. The molecule has 2 aromatic carbocycles. The SMILES string of the molecule is COC(=O)[C@H]1[C@H]2c3ccccc3O[C@]1(C)N=c1s/c(=C/c3ccc(OC(F)F)cc3)c(=O)n12. The summed E-state index contributed by atoms with van der Waals surface area (Å²) in [4.78, 5) is 31.3. The van der Waals surface area contributed by atoms with E-state index in [0.717, 1.165) is 0 Å². The van der Waals surface area contributed by atoms with Gasteiger partial charge in [-0.15, -0.1) is 0 Å². The van der Waals surface area contributed by atoms with Gasteiger partial charge in [-0.1, -0.05) is 41.7 Å². The Balaban J connectivity index is 1.67. The van der Waals surface area contributed by atoms with Gasteiger partial charge < -0.3 is 14.2 Å². The van der Waals surface area contributed by atoms with Gasteiger partial charge in [-0.3, -0.25) is 14.2 Å². The van der Waals surface area contributed by atoms with Crippen LogP contribution in [0.15, 0.2) is 58.3 Å². The number of hydrogen-bond acceptors (Lipinski definition) is 7. The number of ether oxygens (including phenoxy) is 3. The molecule has 170 valence electrons. The zero-order valence-electron chi connectivity index (χ0n) is 17.5. The Kier molecular flexibility index (Phi) is 5.04. The van der Waals surface area contributed by atoms with Crippen LogP contribution in [0.3, 0.4) is 0 Å². The number of rotatable bonds is 4. The molecule has 0 N–H and O–H groups in total. The number of esters is 1. The van der Waals surface area contributed by atoms with E-state index in [0.29, 0.717) is 26.2 Å². The molecule has 2 aliphatic heterocycles. The maximum atomic E-state index is 13.5. The van der Waals surface area contributed by atoms with Gasteiger partial charge in [0.25, 0.3) is 5.56 Å². The number of para-hydroxylation sites is 1. The minimum atomic E-state index is -2.91. The number of hydrogen-bond donors (Lipinski definition) is 0. The van der Waals surface area contributed by atoms with Crippen molar-refractivity contribution in [2.24, 2.45) is 10.9 Å². The molecule has 2 bridgehead atoms. The first kappa shape index (κ1) is 21.3. The van der Waals surface area contributed by atoms with E-state index in [1.165, 1.54) is 35.1 Å². The molecule has 3 atom stereocenters. The summed E-state index contributed by atoms with van der Waals surface area (Å²) >= 11 is 1.17. The zero-order valence-corrected chi connectivity index (χ0v) is 18.3. The molecule has 0 amide bonds. The van der Waals surface area contributed by atoms with Crippen LogP contribution in [0.1, 0.15) is 24.1 Å². The molecule has 7 nitrogen and oxygen atoms in total. The molecule has 0 radical (unpaired) electrons. The molecule has 33 heavy (non-hydrogen) atoms. The summed E-state index contributed by atoms with van der Waals surface area (Å²) < 4.78 is 42.2. The lowest BCUT2D eigenvalue weighted by Gasteiger charge is -2.44. The number of methoxy groups -OCH3 is 1. The summed E-state index contributed by atoms with van der Waals surface area (Å²) in [5.41, 5.74) is -0.233. The maximum absolute atomic E-state index is 13.5. The minimum Gasteiger partial charge on any atom is -0.469 e. The zero-order chi connectivity index (χ0) is 23.3. The van der Waals surface area contributed by atoms with Crippen LogP contribution in [0.4, 0.5) is 8.78 Å². The normalized spacial score (nSPS) is 23.2. The van der Waals surface area contributed by atoms with Crippen molar-refractivity contribution in [1.82, 2.24) is 4.57 Å². The number of carbonyl (C=O) groups is 1. The molecule has 0 saturated carbocycles. The van der Waals surface area contributed by atoms with Crippen molar-refractivity contribution in [1.29, 1.82) is 0 Å². The minimum absolute atomic E-state index is 0.0238. The van der Waals surface area contributed by atoms with Gasteiger partial charge in [0.05, 0.1) is 17.7 Å². The Morgan fingerprint density at radius 2 is 1.97 bits per heavy atom. The van der Waals surface area contributed by atoms with E-state index in [1.54, 1.807) is 31.2 Å². The molecular formula is C23H18F2N2O5S. The lowest BCUT2D eigenvalue weighted by molar-refractivity contribution is -0.158. The number of nitrogens with zero attached hydrogens (tertiary/aromatic N) is 2. The summed E-state index contributed by atoms with van der Waals surface area (Å²) in [6.45, 7) is -1.21. The monoisotopic (exact) mass is 472 g/mol. The van der Waals surface area contributed by atoms with Crippen molar-refractivity contribution in [2.75, 3.05) is 7.11 Å². The van der Waals surface area contributed by atoms with Gasteiger partial charge in [0.2, 0.25) is 5.72 Å². The number of benzene rings is 2. The van der Waals surface area contributed by atoms with Crippen molar-refractivity contribution in [3.63, 3.8) is 0 Å². The molecule has 0 saturated heterocycles. The largest absolute Gasteiger partial charge is 0.469 e. The summed E-state index contributed by atoms with van der Waals surface area (Å²) in [5, 5.41) is 0. The molecule has 0 spiro atoms. The van der Waals surface area contributed by atoms with E-state index < -0.39 is 30.3 Å². The third-order valence-electron chi connectivity index (χ3n) is 5.74. The molecular weight excluding hydrogens is 454 g/mol. The third-order valence-corrected chi connectivity index (χ3v) is 6.72. The van der Waals surface area contributed by atoms with Crippen molar-refractivity contribution < 1.29 is 27.8 Å². The van der Waals surface area contributed by atoms with Crippen molar-refractivity contribution in [2.45, 2.75) is 25.3 Å². The van der Waals surface area contributed by atoms with Crippen LogP contribution >= 0.6 is 11.3 Å². The number of carbonyl (C=O) groups excluding carboxylic acids is 1. The Morgan fingerprint density at radius 1 is 1.24 bits per heavy atom. The standard InChI is InChI=1S/C23H18F2N2O5S/c1-23-17(20(29)30-2)18(14-5-3-4-6-15(14)32-23)27-19(28)16(33-22(27)26-23)11-12-7-9-13(10-8-12)31-21(24)25/h3-11,17-18,21H,1-2H3/b16-11+/t17-,18-,23+/m1/s1. The summed E-state index contributed by atoms with van der Waals surface area (Å²) in [6, 6.07) is 12.5. The second-order valence-electron chi connectivity index (χ2n) is 7.77. The van der Waals surface area contributed by atoms with Crippen LogP contribution in [0, 0.1) is 5.92 Å². The van der Waals surface area contributed by atoms with Crippen molar-refractivity contribution in [3.8, 4) is 11.5 Å². The first-order valence-electron chi connectivity index (χ1n) is 10.0. The van der Waals surface area contributed by atoms with Gasteiger partial charge >= 0.3 is 12.6 Å². The van der Waals surface area contributed by atoms with Gasteiger partial charge in [-0.25, -0.2) is 4.99 Å². The average Bonchev–Trinajstić information content (AvgIpc) is 3.07. The van der Waals surface area contributed by atoms with E-state index in [9.17, 15) is 18.4 Å². The van der Waals surface area contributed by atoms with Gasteiger partial charge in [0, 0.05) is 5.56 Å². The predicted octanol–water partition coefficient (Wildman–Crippen LogP) is 2.46. The van der Waals surface area contributed by atoms with E-state index in [4.69, 9.17) is 9.47 Å². The fourth-order valence-electron chi connectivity index (χ4n) is 4.33. The van der Waals surface area contributed by atoms with Crippen LogP contribution in [0.5, 0.6) is 11.5 Å². The highest BCUT2D eigenvalue weighted by Crippen LogP contribution is 2.47. The summed E-state index contributed by atoms with van der Waals surface area (Å²) in [5.74, 6) is -0.797. The van der Waals surface area contributed by atoms with Crippen LogP contribution < -0.4 is 24.4 Å². The fourth-order valence-corrected chi connectivity index (χ4v) is 5.43. The van der Waals surface area contributed by atoms with Crippen LogP contribution in [-0.4, -0.2) is 30.0 Å². The Morgan fingerprint density at radius 3 is 2.67 bits per heavy atom. The highest BCUT2D eigenvalue weighted by atomic mass is 32.1. The van der Waals surface area contributed by atoms with E-state index >= 15 is 0 Å². The number of aromatic nitrogens is 1. The summed E-state index contributed by atoms with van der Waals surface area (Å²) in [7, 11) is 1.29. The highest BCUT2D eigenvalue weighted by molar-refractivity contribution is 7.07. The molecule has 1 aromatic heterocycles. The number of alkyl halides is 2. The first-order valence-corrected chi connectivity index (χ1v) is 10.9. The molecule has 0 aliphatic carbocycles. The van der Waals surface area contributed by atoms with Crippen molar-refractivity contribution >= 4 is 23.4 Å². The van der Waals surface area contributed by atoms with Crippen LogP contribution in [0.2, 0.25) is 0 Å². The van der Waals surface area contributed by atoms with Gasteiger partial charge in [0.1, 0.15) is 17.4 Å². The Labute approximate surface area is 190 Å². The van der Waals surface area contributed by atoms with E-state index in [2.05, 4.69) is 9.73 Å². The van der Waals surface area contributed by atoms with Crippen LogP contribution in [-0.2, 0) is 9.53 Å². The molecule has 2 aliphatic rings. The van der Waals surface area contributed by atoms with Crippen molar-refractivity contribution in [3.05, 3.63) is 79.3 Å². The third kappa shape index (κ3) is 3.50. The smallest absolute Gasteiger partial charge is 0.387 e. The lowest BCUT2D eigenvalue weighted by atomic mass is 9.81. The molecule has 3 aromatic rings. The van der Waals surface area contributed by atoms with Crippen LogP contribution in [0.25, 0.3) is 6.08 Å². The number of fused-ring (bicyclic) bond motifs is 6. The molecule has 0 unspecified atom stereocenters. The quantitative estimate of drug-likeness (QED) is 0.545. The first-order chi connectivity index (χ1) is 15.8. The number of thiazole rings is 1. The molecule has 3 heterocycles. The topological polar surface area (TPSA) is 79.1 Å². The Hall–Kier alpha value is -3.53. The average molecular weight is 472 g/mol. The van der Waals surface area contributed by atoms with Gasteiger partial charge in [-0.05, 0) is 36.8 Å². The second kappa shape index (κ2) is 7.80. The molecule has 0 fully saturated rings. The highest BCUT2D eigenvalue weighted by Gasteiger charge is 2.55. The summed E-state index contributed by atoms with van der Waals surface area (Å²) in [6.07, 6.45) is 1.65.